The van der Waals surface area contributed by atoms with Gasteiger partial charge in [0.25, 0.3) is 0 Å². The van der Waals surface area contributed by atoms with Gasteiger partial charge in [0.05, 0.1) is 0 Å². The number of hydrogen-bond acceptors (Lipinski definition) is 3. The normalized spacial score (nSPS) is 12.6. The Morgan fingerprint density at radius 3 is 2.44 bits per heavy atom. The van der Waals surface area contributed by atoms with E-state index in [1.807, 2.05) is 13.0 Å². The van der Waals surface area contributed by atoms with E-state index < -0.39 is 5.63 Å². The molecule has 0 unspecified atom stereocenters. The average Bonchev–Trinajstić information content (AvgIpc) is 2.62. The van der Waals surface area contributed by atoms with Gasteiger partial charge in [-0.3, -0.25) is 0 Å². The van der Waals surface area contributed by atoms with Crippen molar-refractivity contribution in [3.63, 3.8) is 0 Å². The summed E-state index contributed by atoms with van der Waals surface area (Å²) in [6, 6.07) is 11.6. The number of halogens is 1. The highest BCUT2D eigenvalue weighted by molar-refractivity contribution is 5.82. The van der Waals surface area contributed by atoms with Gasteiger partial charge in [0, 0.05) is 34.6 Å². The first kappa shape index (κ1) is 19.1. The number of fused-ring (bicyclic) bond motifs is 1. The van der Waals surface area contributed by atoms with Gasteiger partial charge in [0.1, 0.15) is 29.7 Å². The van der Waals surface area contributed by atoms with E-state index in [4.69, 9.17) is 4.42 Å². The summed E-state index contributed by atoms with van der Waals surface area (Å²) in [5.41, 5.74) is 2.69. The lowest BCUT2D eigenvalue weighted by Gasteiger charge is -2.20. The van der Waals surface area contributed by atoms with Gasteiger partial charge in [-0.25, -0.2) is 9.18 Å². The van der Waals surface area contributed by atoms with Gasteiger partial charge in [-0.05, 0) is 30.2 Å². The molecule has 27 heavy (non-hydrogen) atoms. The zero-order valence-corrected chi connectivity index (χ0v) is 15.8. The molecule has 0 aliphatic carbocycles. The van der Waals surface area contributed by atoms with Gasteiger partial charge in [0.2, 0.25) is 0 Å². The number of benzene rings is 2. The summed E-state index contributed by atoms with van der Waals surface area (Å²) in [6.45, 7) is 6.79. The van der Waals surface area contributed by atoms with Crippen LogP contribution in [-0.2, 0) is 13.0 Å². The van der Waals surface area contributed by atoms with Crippen LogP contribution in [0.5, 0.6) is 5.75 Å². The second-order valence-electron chi connectivity index (χ2n) is 7.18. The molecule has 142 valence electrons. The molecule has 3 N–H and O–H groups in total. The number of aryl methyl sites for hydroxylation is 1. The summed E-state index contributed by atoms with van der Waals surface area (Å²) in [7, 11) is 0. The van der Waals surface area contributed by atoms with E-state index in [0.717, 1.165) is 22.1 Å². The molecule has 0 amide bonds. The van der Waals surface area contributed by atoms with Crippen LogP contribution in [-0.4, -0.2) is 5.11 Å². The smallest absolute Gasteiger partial charge is 0.336 e. The largest absolute Gasteiger partial charge is 0.508 e. The van der Waals surface area contributed by atoms with E-state index in [1.165, 1.54) is 24.3 Å². The minimum absolute atomic E-state index is 0.135. The molecular formula is C22H25FNO3+. The van der Waals surface area contributed by atoms with Crippen LogP contribution in [0.4, 0.5) is 4.39 Å². The lowest BCUT2D eigenvalue weighted by Crippen LogP contribution is -2.84. The van der Waals surface area contributed by atoms with Crippen LogP contribution in [0, 0.1) is 11.7 Å². The zero-order chi connectivity index (χ0) is 19.6. The number of rotatable bonds is 6. The Hall–Kier alpha value is -2.66. The Morgan fingerprint density at radius 1 is 1.11 bits per heavy atom. The van der Waals surface area contributed by atoms with E-state index >= 15 is 0 Å². The Morgan fingerprint density at radius 2 is 1.81 bits per heavy atom. The molecule has 0 radical (unpaired) electrons. The molecule has 0 aliphatic rings. The van der Waals surface area contributed by atoms with Crippen LogP contribution in [0.25, 0.3) is 11.0 Å². The minimum atomic E-state index is -0.433. The first-order valence-electron chi connectivity index (χ1n) is 9.26. The summed E-state index contributed by atoms with van der Waals surface area (Å²) in [6.07, 6.45) is 0.689. The first-order valence-corrected chi connectivity index (χ1v) is 9.26. The fraction of sp³-hybridized carbons (Fsp3) is 0.318. The predicted octanol–water partition coefficient (Wildman–Crippen LogP) is 3.66. The molecule has 0 bridgehead atoms. The van der Waals surface area contributed by atoms with E-state index in [9.17, 15) is 14.3 Å². The van der Waals surface area contributed by atoms with Gasteiger partial charge in [-0.2, -0.15) is 0 Å². The third-order valence-corrected chi connectivity index (χ3v) is 4.98. The van der Waals surface area contributed by atoms with Gasteiger partial charge < -0.3 is 14.8 Å². The highest BCUT2D eigenvalue weighted by Gasteiger charge is 2.20. The molecular weight excluding hydrogens is 345 g/mol. The standard InChI is InChI=1S/C22H24FNO3/c1-4-14-9-18-16(10-21(26)27-20(18)11-19(14)25)12-24-22(13(2)3)15-5-7-17(23)8-6-15/h5-11,13,22,24-25H,4,12H2,1-3H3/p+1/t22-/m0/s1. The molecule has 1 heterocycles. The SMILES string of the molecule is CCc1cc2c(C[NH2+][C@H](c3ccc(F)cc3)C(C)C)cc(=O)oc2cc1O. The van der Waals surface area contributed by atoms with Crippen molar-refractivity contribution in [2.75, 3.05) is 0 Å². The molecule has 3 aromatic rings. The number of nitrogens with two attached hydrogens (primary N) is 1. The van der Waals surface area contributed by atoms with Crippen molar-refractivity contribution in [1.29, 1.82) is 0 Å². The van der Waals surface area contributed by atoms with E-state index in [0.29, 0.717) is 24.5 Å². The minimum Gasteiger partial charge on any atom is -0.508 e. The van der Waals surface area contributed by atoms with E-state index in [1.54, 1.807) is 12.1 Å². The van der Waals surface area contributed by atoms with Gasteiger partial charge in [0.15, 0.2) is 0 Å². The molecule has 0 aliphatic heterocycles. The van der Waals surface area contributed by atoms with Crippen molar-refractivity contribution in [3.8, 4) is 5.75 Å². The summed E-state index contributed by atoms with van der Waals surface area (Å²) in [4.78, 5) is 12.0. The van der Waals surface area contributed by atoms with Crippen LogP contribution in [0.2, 0.25) is 0 Å². The third-order valence-electron chi connectivity index (χ3n) is 4.98. The Balaban J connectivity index is 1.95. The second kappa shape index (κ2) is 7.92. The maximum Gasteiger partial charge on any atom is 0.336 e. The fourth-order valence-electron chi connectivity index (χ4n) is 3.49. The molecule has 1 aromatic heterocycles. The highest BCUT2D eigenvalue weighted by atomic mass is 19.1. The van der Waals surface area contributed by atoms with Crippen molar-refractivity contribution in [3.05, 3.63) is 75.4 Å². The van der Waals surface area contributed by atoms with E-state index in [-0.39, 0.29) is 17.6 Å². The second-order valence-corrected chi connectivity index (χ2v) is 7.18. The van der Waals surface area contributed by atoms with Crippen molar-refractivity contribution < 1.29 is 19.2 Å². The Labute approximate surface area is 157 Å². The molecule has 1 atom stereocenters. The maximum atomic E-state index is 13.2. The van der Waals surface area contributed by atoms with Crippen LogP contribution in [0.3, 0.4) is 0 Å². The maximum absolute atomic E-state index is 13.2. The monoisotopic (exact) mass is 370 g/mol. The van der Waals surface area contributed by atoms with Crippen LogP contribution in [0.1, 0.15) is 43.5 Å². The Bertz CT molecular complexity index is 993. The summed E-state index contributed by atoms with van der Waals surface area (Å²) in [5.74, 6) is 0.220. The van der Waals surface area contributed by atoms with Crippen molar-refractivity contribution in [1.82, 2.24) is 0 Å². The summed E-state index contributed by atoms with van der Waals surface area (Å²) in [5, 5.41) is 13.0. The number of hydrogen-bond donors (Lipinski definition) is 2. The van der Waals surface area contributed by atoms with Crippen molar-refractivity contribution >= 4 is 11.0 Å². The van der Waals surface area contributed by atoms with Crippen molar-refractivity contribution in [2.24, 2.45) is 5.92 Å². The predicted molar refractivity (Wildman–Crippen MR) is 103 cm³/mol. The lowest BCUT2D eigenvalue weighted by molar-refractivity contribution is -0.717. The molecule has 0 spiro atoms. The zero-order valence-electron chi connectivity index (χ0n) is 15.8. The highest BCUT2D eigenvalue weighted by Crippen LogP contribution is 2.27. The number of aromatic hydroxyl groups is 1. The molecule has 4 nitrogen and oxygen atoms in total. The van der Waals surface area contributed by atoms with Crippen LogP contribution < -0.4 is 10.9 Å². The Kier molecular flexibility index (Phi) is 5.61. The van der Waals surface area contributed by atoms with Crippen LogP contribution >= 0.6 is 0 Å². The molecule has 2 aromatic carbocycles. The lowest BCUT2D eigenvalue weighted by atomic mass is 9.95. The topological polar surface area (TPSA) is 67.0 Å². The van der Waals surface area contributed by atoms with Gasteiger partial charge in [-0.1, -0.05) is 32.9 Å². The first-order chi connectivity index (χ1) is 12.9. The van der Waals surface area contributed by atoms with Gasteiger partial charge >= 0.3 is 5.63 Å². The number of quaternary nitrogens is 1. The molecule has 0 fully saturated rings. The fourth-order valence-corrected chi connectivity index (χ4v) is 3.49. The van der Waals surface area contributed by atoms with Crippen LogP contribution in [0.15, 0.2) is 51.7 Å². The summed E-state index contributed by atoms with van der Waals surface area (Å²) < 4.78 is 18.5. The quantitative estimate of drug-likeness (QED) is 0.651. The van der Waals surface area contributed by atoms with Gasteiger partial charge in [-0.15, -0.1) is 0 Å². The number of phenolic OH excluding ortho intramolecular Hbond substituents is 1. The third kappa shape index (κ3) is 4.19. The van der Waals surface area contributed by atoms with E-state index in [2.05, 4.69) is 19.2 Å². The molecule has 3 rings (SSSR count). The number of phenols is 1. The van der Waals surface area contributed by atoms with Crippen molar-refractivity contribution in [2.45, 2.75) is 39.8 Å². The summed E-state index contributed by atoms with van der Waals surface area (Å²) >= 11 is 0. The average molecular weight is 370 g/mol. The molecule has 0 saturated heterocycles. The molecule has 0 saturated carbocycles. The molecule has 5 heteroatoms.